The Labute approximate surface area is 89.6 Å². The molecule has 0 unspecified atom stereocenters. The molecule has 1 heterocycles. The van der Waals surface area contributed by atoms with Gasteiger partial charge in [-0.25, -0.2) is 4.98 Å². The summed E-state index contributed by atoms with van der Waals surface area (Å²) in [6.07, 6.45) is 0. The molecular formula is C10H17N3O2. The molecule has 0 aliphatic heterocycles. The van der Waals surface area contributed by atoms with Crippen LogP contribution in [-0.4, -0.2) is 38.5 Å². The average Bonchev–Trinajstić information content (AvgIpc) is 2.23. The topological polar surface area (TPSA) is 69.4 Å². The van der Waals surface area contributed by atoms with Gasteiger partial charge in [0.1, 0.15) is 11.6 Å². The Kier molecular flexibility index (Phi) is 5.50. The lowest BCUT2D eigenvalue weighted by Gasteiger charge is -2.06. The number of methoxy groups -OCH3 is 1. The van der Waals surface area contributed by atoms with Gasteiger partial charge in [-0.15, -0.1) is 0 Å². The first-order valence-corrected chi connectivity index (χ1v) is 4.86. The maximum Gasteiger partial charge on any atom is 0.128 e. The van der Waals surface area contributed by atoms with E-state index in [9.17, 15) is 0 Å². The predicted molar refractivity (Wildman–Crippen MR) is 59.8 cm³/mol. The second-order valence-electron chi connectivity index (χ2n) is 2.98. The summed E-state index contributed by atoms with van der Waals surface area (Å²) in [6.45, 7) is 2.57. The van der Waals surface area contributed by atoms with Crippen molar-refractivity contribution in [1.82, 2.24) is 4.98 Å². The number of anilines is 2. The summed E-state index contributed by atoms with van der Waals surface area (Å²) < 4.78 is 10.1. The van der Waals surface area contributed by atoms with Crippen molar-refractivity contribution in [3.63, 3.8) is 0 Å². The summed E-state index contributed by atoms with van der Waals surface area (Å²) in [5.41, 5.74) is 5.53. The van der Waals surface area contributed by atoms with Crippen molar-refractivity contribution in [3.8, 4) is 0 Å². The number of hydrogen-bond acceptors (Lipinski definition) is 5. The summed E-state index contributed by atoms with van der Waals surface area (Å²) in [5, 5.41) is 3.11. The van der Waals surface area contributed by atoms with Gasteiger partial charge in [-0.2, -0.15) is 0 Å². The van der Waals surface area contributed by atoms with E-state index in [1.54, 1.807) is 13.2 Å². The van der Waals surface area contributed by atoms with Crippen LogP contribution < -0.4 is 11.1 Å². The molecule has 0 aliphatic carbocycles. The number of hydrogen-bond donors (Lipinski definition) is 2. The maximum absolute atomic E-state index is 5.53. The van der Waals surface area contributed by atoms with Crippen molar-refractivity contribution in [2.24, 2.45) is 0 Å². The molecule has 3 N–H and O–H groups in total. The molecule has 0 radical (unpaired) electrons. The van der Waals surface area contributed by atoms with E-state index in [0.29, 0.717) is 32.2 Å². The number of rotatable bonds is 7. The molecule has 0 atom stereocenters. The Bertz CT molecular complexity index is 281. The lowest BCUT2D eigenvalue weighted by molar-refractivity contribution is 0.0759. The Hall–Kier alpha value is -1.33. The number of aromatic nitrogens is 1. The van der Waals surface area contributed by atoms with Crippen molar-refractivity contribution in [2.75, 3.05) is 44.5 Å². The van der Waals surface area contributed by atoms with Gasteiger partial charge in [0.2, 0.25) is 0 Å². The fourth-order valence-corrected chi connectivity index (χ4v) is 1.05. The Balaban J connectivity index is 2.10. The molecule has 0 saturated carbocycles. The van der Waals surface area contributed by atoms with E-state index in [1.807, 2.05) is 12.1 Å². The van der Waals surface area contributed by atoms with Gasteiger partial charge in [0.05, 0.1) is 19.8 Å². The highest BCUT2D eigenvalue weighted by atomic mass is 16.5. The minimum absolute atomic E-state index is 0.514. The van der Waals surface area contributed by atoms with E-state index in [2.05, 4.69) is 10.3 Å². The maximum atomic E-state index is 5.53. The van der Waals surface area contributed by atoms with Crippen molar-refractivity contribution in [1.29, 1.82) is 0 Å². The van der Waals surface area contributed by atoms with Crippen molar-refractivity contribution >= 4 is 11.6 Å². The van der Waals surface area contributed by atoms with Crippen LogP contribution in [0, 0.1) is 0 Å². The monoisotopic (exact) mass is 211 g/mol. The third-order valence-corrected chi connectivity index (χ3v) is 1.75. The normalized spacial score (nSPS) is 10.2. The molecule has 0 spiro atoms. The van der Waals surface area contributed by atoms with Crippen LogP contribution >= 0.6 is 0 Å². The number of nitrogens with two attached hydrogens (primary N) is 1. The lowest BCUT2D eigenvalue weighted by atomic mass is 10.4. The third-order valence-electron chi connectivity index (χ3n) is 1.75. The van der Waals surface area contributed by atoms with Crippen molar-refractivity contribution in [3.05, 3.63) is 18.2 Å². The van der Waals surface area contributed by atoms with Crippen molar-refractivity contribution in [2.45, 2.75) is 0 Å². The van der Waals surface area contributed by atoms with E-state index < -0.39 is 0 Å². The van der Waals surface area contributed by atoms with Crippen molar-refractivity contribution < 1.29 is 9.47 Å². The molecule has 15 heavy (non-hydrogen) atoms. The van der Waals surface area contributed by atoms with Crippen LogP contribution in [0.1, 0.15) is 0 Å². The number of nitrogens with one attached hydrogen (secondary N) is 1. The van der Waals surface area contributed by atoms with Crippen LogP contribution in [0.3, 0.4) is 0 Å². The van der Waals surface area contributed by atoms with Gasteiger partial charge in [0, 0.05) is 13.7 Å². The summed E-state index contributed by atoms with van der Waals surface area (Å²) in [5.74, 6) is 1.28. The summed E-state index contributed by atoms with van der Waals surface area (Å²) >= 11 is 0. The van der Waals surface area contributed by atoms with Crippen LogP contribution in [-0.2, 0) is 9.47 Å². The summed E-state index contributed by atoms with van der Waals surface area (Å²) in [6, 6.07) is 5.47. The lowest BCUT2D eigenvalue weighted by Crippen LogP contribution is -2.12. The summed E-state index contributed by atoms with van der Waals surface area (Å²) in [4.78, 5) is 4.09. The fraction of sp³-hybridized carbons (Fsp3) is 0.500. The molecule has 1 aromatic rings. The molecule has 1 rings (SSSR count). The van der Waals surface area contributed by atoms with Crippen LogP contribution in [0.4, 0.5) is 11.6 Å². The molecule has 0 amide bonds. The van der Waals surface area contributed by atoms with E-state index in [4.69, 9.17) is 15.2 Å². The van der Waals surface area contributed by atoms with Crippen LogP contribution in [0.25, 0.3) is 0 Å². The molecule has 0 fully saturated rings. The third kappa shape index (κ3) is 5.19. The first kappa shape index (κ1) is 11.7. The zero-order valence-corrected chi connectivity index (χ0v) is 8.90. The molecule has 0 aromatic carbocycles. The molecule has 5 heteroatoms. The smallest absolute Gasteiger partial charge is 0.128 e. The molecule has 5 nitrogen and oxygen atoms in total. The molecular weight excluding hydrogens is 194 g/mol. The SMILES string of the molecule is COCCOCCNc1cccc(N)n1. The van der Waals surface area contributed by atoms with Crippen LogP contribution in [0.5, 0.6) is 0 Å². The molecule has 0 bridgehead atoms. The van der Waals surface area contributed by atoms with Gasteiger partial charge in [-0.1, -0.05) is 6.07 Å². The van der Waals surface area contributed by atoms with Gasteiger partial charge >= 0.3 is 0 Å². The van der Waals surface area contributed by atoms with E-state index in [0.717, 1.165) is 5.82 Å². The zero-order chi connectivity index (χ0) is 10.9. The van der Waals surface area contributed by atoms with Gasteiger partial charge in [0.25, 0.3) is 0 Å². The van der Waals surface area contributed by atoms with Crippen LogP contribution in [0.15, 0.2) is 18.2 Å². The molecule has 1 aromatic heterocycles. The van der Waals surface area contributed by atoms with E-state index in [1.165, 1.54) is 0 Å². The van der Waals surface area contributed by atoms with E-state index in [-0.39, 0.29) is 0 Å². The fourth-order valence-electron chi connectivity index (χ4n) is 1.05. The van der Waals surface area contributed by atoms with Gasteiger partial charge in [-0.3, -0.25) is 0 Å². The van der Waals surface area contributed by atoms with Gasteiger partial charge in [-0.05, 0) is 12.1 Å². The highest BCUT2D eigenvalue weighted by Crippen LogP contribution is 2.04. The predicted octanol–water partition coefficient (Wildman–Crippen LogP) is 0.739. The highest BCUT2D eigenvalue weighted by molar-refractivity contribution is 5.41. The Morgan fingerprint density at radius 3 is 2.93 bits per heavy atom. The second kappa shape index (κ2) is 7.03. The average molecular weight is 211 g/mol. The Morgan fingerprint density at radius 1 is 1.33 bits per heavy atom. The molecule has 84 valence electrons. The Morgan fingerprint density at radius 2 is 2.20 bits per heavy atom. The number of nitrogens with zero attached hydrogens (tertiary/aromatic N) is 1. The van der Waals surface area contributed by atoms with Gasteiger partial charge in [0.15, 0.2) is 0 Å². The van der Waals surface area contributed by atoms with Crippen LogP contribution in [0.2, 0.25) is 0 Å². The minimum Gasteiger partial charge on any atom is -0.384 e. The molecule has 0 saturated heterocycles. The standard InChI is InChI=1S/C10H17N3O2/c1-14-7-8-15-6-5-12-10-4-2-3-9(11)13-10/h2-4H,5-8H2,1H3,(H3,11,12,13). The summed E-state index contributed by atoms with van der Waals surface area (Å²) in [7, 11) is 1.65. The first-order valence-electron chi connectivity index (χ1n) is 4.86. The van der Waals surface area contributed by atoms with Gasteiger partial charge < -0.3 is 20.5 Å². The zero-order valence-electron chi connectivity index (χ0n) is 8.90. The quantitative estimate of drug-likeness (QED) is 0.651. The largest absolute Gasteiger partial charge is 0.384 e. The number of ether oxygens (including phenoxy) is 2. The first-order chi connectivity index (χ1) is 7.33. The minimum atomic E-state index is 0.514. The number of nitrogen functional groups attached to an aromatic ring is 1. The van der Waals surface area contributed by atoms with E-state index >= 15 is 0 Å². The number of pyridine rings is 1. The second-order valence-corrected chi connectivity index (χ2v) is 2.98. The molecule has 0 aliphatic rings. The highest BCUT2D eigenvalue weighted by Gasteiger charge is 1.93.